The lowest BCUT2D eigenvalue weighted by molar-refractivity contribution is 0.0468. The quantitative estimate of drug-likeness (QED) is 0.715. The van der Waals surface area contributed by atoms with Crippen molar-refractivity contribution >= 4 is 5.97 Å². The summed E-state index contributed by atoms with van der Waals surface area (Å²) in [7, 11) is 5.74. The van der Waals surface area contributed by atoms with Crippen LogP contribution in [0.5, 0.6) is 23.0 Å². The van der Waals surface area contributed by atoms with Crippen molar-refractivity contribution in [1.82, 2.24) is 0 Å². The minimum absolute atomic E-state index is 0.1000. The molecule has 7 heteroatoms. The third kappa shape index (κ3) is 4.12. The van der Waals surface area contributed by atoms with Crippen molar-refractivity contribution in [1.29, 1.82) is 0 Å². The zero-order valence-corrected chi connectivity index (χ0v) is 14.4. The number of ether oxygens (including phenoxy) is 5. The highest BCUT2D eigenvalue weighted by Crippen LogP contribution is 2.35. The number of hydrogen-bond acceptors (Lipinski definition) is 6. The first-order chi connectivity index (χ1) is 12.0. The van der Waals surface area contributed by atoms with Crippen LogP contribution in [0.15, 0.2) is 30.3 Å². The van der Waals surface area contributed by atoms with Crippen molar-refractivity contribution in [2.24, 2.45) is 0 Å². The summed E-state index contributed by atoms with van der Waals surface area (Å²) in [6.45, 7) is -0.1000. The summed E-state index contributed by atoms with van der Waals surface area (Å²) in [5, 5.41) is 0. The molecule has 0 N–H and O–H groups in total. The monoisotopic (exact) mass is 350 g/mol. The molecule has 0 saturated heterocycles. The Morgan fingerprint density at radius 2 is 1.44 bits per heavy atom. The molecule has 0 amide bonds. The number of halogens is 1. The van der Waals surface area contributed by atoms with Crippen LogP contribution in [-0.2, 0) is 11.3 Å². The van der Waals surface area contributed by atoms with E-state index in [-0.39, 0.29) is 23.7 Å². The molecule has 2 rings (SSSR count). The summed E-state index contributed by atoms with van der Waals surface area (Å²) >= 11 is 0. The Balaban J connectivity index is 2.19. The van der Waals surface area contributed by atoms with Gasteiger partial charge in [0, 0.05) is 12.1 Å². The van der Waals surface area contributed by atoms with Crippen molar-refractivity contribution in [3.63, 3.8) is 0 Å². The van der Waals surface area contributed by atoms with Gasteiger partial charge in [-0.15, -0.1) is 0 Å². The molecule has 2 aromatic carbocycles. The van der Waals surface area contributed by atoms with E-state index in [1.54, 1.807) is 6.07 Å². The first-order valence-electron chi connectivity index (χ1n) is 7.33. The first-order valence-corrected chi connectivity index (χ1v) is 7.33. The molecule has 2 aromatic rings. The number of esters is 1. The van der Waals surface area contributed by atoms with E-state index >= 15 is 0 Å². The van der Waals surface area contributed by atoms with Crippen molar-refractivity contribution in [2.75, 3.05) is 28.4 Å². The van der Waals surface area contributed by atoms with Crippen LogP contribution in [-0.4, -0.2) is 34.4 Å². The molecule has 6 nitrogen and oxygen atoms in total. The standard InChI is InChI=1S/C18H19FO6/c1-21-14-6-5-11(7-13(14)19)10-25-18(20)12-8-16(23-3)17(24-4)9-15(12)22-2/h5-9H,10H2,1-4H3. The summed E-state index contributed by atoms with van der Waals surface area (Å²) in [5.74, 6) is 0.0350. The van der Waals surface area contributed by atoms with Gasteiger partial charge in [0.25, 0.3) is 0 Å². The maximum atomic E-state index is 13.7. The molecular weight excluding hydrogens is 331 g/mol. The normalized spacial score (nSPS) is 10.1. The number of rotatable bonds is 7. The maximum absolute atomic E-state index is 13.7. The summed E-state index contributed by atoms with van der Waals surface area (Å²) < 4.78 is 39.3. The van der Waals surface area contributed by atoms with Crippen LogP contribution in [0.2, 0.25) is 0 Å². The van der Waals surface area contributed by atoms with E-state index in [0.717, 1.165) is 0 Å². The average Bonchev–Trinajstić information content (AvgIpc) is 2.64. The highest BCUT2D eigenvalue weighted by atomic mass is 19.1. The molecule has 0 unspecified atom stereocenters. The molecule has 0 aliphatic carbocycles. The van der Waals surface area contributed by atoms with E-state index in [1.165, 1.54) is 52.7 Å². The van der Waals surface area contributed by atoms with Gasteiger partial charge in [0.2, 0.25) is 0 Å². The van der Waals surface area contributed by atoms with Gasteiger partial charge in [0.1, 0.15) is 17.9 Å². The second kappa shape index (κ2) is 8.23. The lowest BCUT2D eigenvalue weighted by Crippen LogP contribution is -2.08. The van der Waals surface area contributed by atoms with Gasteiger partial charge >= 0.3 is 5.97 Å². The fraction of sp³-hybridized carbons (Fsp3) is 0.278. The molecule has 0 aliphatic heterocycles. The van der Waals surface area contributed by atoms with Crippen LogP contribution >= 0.6 is 0 Å². The molecule has 0 heterocycles. The van der Waals surface area contributed by atoms with Crippen LogP contribution in [0.1, 0.15) is 15.9 Å². The van der Waals surface area contributed by atoms with Gasteiger partial charge in [-0.05, 0) is 17.7 Å². The van der Waals surface area contributed by atoms with E-state index in [0.29, 0.717) is 17.1 Å². The van der Waals surface area contributed by atoms with Gasteiger partial charge in [-0.25, -0.2) is 9.18 Å². The van der Waals surface area contributed by atoms with E-state index in [4.69, 9.17) is 23.7 Å². The lowest BCUT2D eigenvalue weighted by atomic mass is 10.1. The maximum Gasteiger partial charge on any atom is 0.342 e. The molecule has 0 spiro atoms. The lowest BCUT2D eigenvalue weighted by Gasteiger charge is -2.13. The van der Waals surface area contributed by atoms with Crippen molar-refractivity contribution < 1.29 is 32.9 Å². The number of carbonyl (C=O) groups excluding carboxylic acids is 1. The van der Waals surface area contributed by atoms with Crippen molar-refractivity contribution in [3.05, 3.63) is 47.3 Å². The molecule has 0 atom stereocenters. The van der Waals surface area contributed by atoms with Crippen LogP contribution < -0.4 is 18.9 Å². The third-order valence-electron chi connectivity index (χ3n) is 3.51. The van der Waals surface area contributed by atoms with Gasteiger partial charge < -0.3 is 23.7 Å². The number of hydrogen-bond donors (Lipinski definition) is 0. The van der Waals surface area contributed by atoms with E-state index in [1.807, 2.05) is 0 Å². The van der Waals surface area contributed by atoms with Gasteiger partial charge in [-0.3, -0.25) is 0 Å². The molecule has 134 valence electrons. The Kier molecular flexibility index (Phi) is 6.05. The van der Waals surface area contributed by atoms with E-state index in [2.05, 4.69) is 0 Å². The van der Waals surface area contributed by atoms with Gasteiger partial charge in [-0.2, -0.15) is 0 Å². The first kappa shape index (κ1) is 18.4. The average molecular weight is 350 g/mol. The number of carbonyl (C=O) groups is 1. The minimum atomic E-state index is -0.631. The summed E-state index contributed by atoms with van der Waals surface area (Å²) in [6, 6.07) is 7.32. The Bertz CT molecular complexity index is 759. The van der Waals surface area contributed by atoms with Gasteiger partial charge in [0.05, 0.1) is 28.4 Å². The predicted molar refractivity (Wildman–Crippen MR) is 88.2 cm³/mol. The Hall–Kier alpha value is -2.96. The highest BCUT2D eigenvalue weighted by Gasteiger charge is 2.19. The van der Waals surface area contributed by atoms with E-state index < -0.39 is 11.8 Å². The number of benzene rings is 2. The molecule has 0 saturated carbocycles. The molecule has 0 aromatic heterocycles. The molecular formula is C18H19FO6. The van der Waals surface area contributed by atoms with E-state index in [9.17, 15) is 9.18 Å². The minimum Gasteiger partial charge on any atom is -0.496 e. The van der Waals surface area contributed by atoms with Gasteiger partial charge in [-0.1, -0.05) is 6.07 Å². The van der Waals surface area contributed by atoms with Crippen molar-refractivity contribution in [3.8, 4) is 23.0 Å². The van der Waals surface area contributed by atoms with Crippen LogP contribution in [0, 0.1) is 5.82 Å². The molecule has 0 fully saturated rings. The Labute approximate surface area is 145 Å². The fourth-order valence-corrected chi connectivity index (χ4v) is 2.22. The van der Waals surface area contributed by atoms with Gasteiger partial charge in [0.15, 0.2) is 23.1 Å². The molecule has 0 aliphatic rings. The van der Waals surface area contributed by atoms with Crippen LogP contribution in [0.3, 0.4) is 0 Å². The third-order valence-corrected chi connectivity index (χ3v) is 3.51. The Morgan fingerprint density at radius 1 is 0.840 bits per heavy atom. The number of methoxy groups -OCH3 is 4. The topological polar surface area (TPSA) is 63.2 Å². The van der Waals surface area contributed by atoms with Crippen molar-refractivity contribution in [2.45, 2.75) is 6.61 Å². The molecule has 0 radical (unpaired) electrons. The molecule has 25 heavy (non-hydrogen) atoms. The smallest absolute Gasteiger partial charge is 0.342 e. The summed E-state index contributed by atoms with van der Waals surface area (Å²) in [6.07, 6.45) is 0. The zero-order chi connectivity index (χ0) is 18.4. The highest BCUT2D eigenvalue weighted by molar-refractivity contribution is 5.93. The summed E-state index contributed by atoms with van der Waals surface area (Å²) in [5.41, 5.74) is 0.667. The predicted octanol–water partition coefficient (Wildman–Crippen LogP) is 3.22. The Morgan fingerprint density at radius 3 is 2.00 bits per heavy atom. The molecule has 0 bridgehead atoms. The van der Waals surface area contributed by atoms with Crippen LogP contribution in [0.4, 0.5) is 4.39 Å². The second-order valence-corrected chi connectivity index (χ2v) is 4.95. The largest absolute Gasteiger partial charge is 0.496 e. The second-order valence-electron chi connectivity index (χ2n) is 4.95. The summed E-state index contributed by atoms with van der Waals surface area (Å²) in [4.78, 5) is 12.4. The fourth-order valence-electron chi connectivity index (χ4n) is 2.22. The zero-order valence-electron chi connectivity index (χ0n) is 14.4. The van der Waals surface area contributed by atoms with Crippen LogP contribution in [0.25, 0.3) is 0 Å². The SMILES string of the molecule is COc1ccc(COC(=O)c2cc(OC)c(OC)cc2OC)cc1F.